The van der Waals surface area contributed by atoms with E-state index < -0.39 is 0 Å². The standard InChI is InChI=1S/C12H17N3OS2/c1-12(2,7-16)8-18-11-14-13-10(15(11)3)9-5-4-6-17-9/h4-6,16H,7-8H2,1-3H3. The fourth-order valence-corrected chi connectivity index (χ4v) is 3.10. The third kappa shape index (κ3) is 2.93. The van der Waals surface area contributed by atoms with Crippen molar-refractivity contribution in [2.45, 2.75) is 19.0 Å². The van der Waals surface area contributed by atoms with Gasteiger partial charge in [0.15, 0.2) is 11.0 Å². The van der Waals surface area contributed by atoms with E-state index in [9.17, 15) is 5.11 Å². The minimum Gasteiger partial charge on any atom is -0.396 e. The van der Waals surface area contributed by atoms with E-state index >= 15 is 0 Å². The van der Waals surface area contributed by atoms with Crippen LogP contribution in [0.3, 0.4) is 0 Å². The molecule has 4 nitrogen and oxygen atoms in total. The van der Waals surface area contributed by atoms with E-state index in [1.807, 2.05) is 43.0 Å². The van der Waals surface area contributed by atoms with Crippen LogP contribution in [-0.2, 0) is 7.05 Å². The van der Waals surface area contributed by atoms with Crippen LogP contribution in [0.25, 0.3) is 10.7 Å². The van der Waals surface area contributed by atoms with Crippen LogP contribution < -0.4 is 0 Å². The molecule has 0 bridgehead atoms. The van der Waals surface area contributed by atoms with Crippen LogP contribution in [0.15, 0.2) is 22.7 Å². The summed E-state index contributed by atoms with van der Waals surface area (Å²) in [7, 11) is 1.98. The maximum absolute atomic E-state index is 9.24. The number of aliphatic hydroxyl groups is 1. The van der Waals surface area contributed by atoms with Crippen LogP contribution in [0.5, 0.6) is 0 Å². The SMILES string of the molecule is Cn1c(SCC(C)(C)CO)nnc1-c1cccs1. The average Bonchev–Trinajstić information content (AvgIpc) is 2.96. The normalized spacial score (nSPS) is 12.0. The fourth-order valence-electron chi connectivity index (χ4n) is 1.37. The molecule has 6 heteroatoms. The summed E-state index contributed by atoms with van der Waals surface area (Å²) in [4.78, 5) is 1.12. The molecule has 2 rings (SSSR count). The Morgan fingerprint density at radius 1 is 1.44 bits per heavy atom. The Kier molecular flexibility index (Phi) is 4.09. The topological polar surface area (TPSA) is 50.9 Å². The number of hydrogen-bond acceptors (Lipinski definition) is 5. The van der Waals surface area contributed by atoms with Gasteiger partial charge in [0.1, 0.15) is 0 Å². The molecule has 1 N–H and O–H groups in total. The summed E-state index contributed by atoms with van der Waals surface area (Å²) in [6, 6.07) is 4.05. The zero-order valence-corrected chi connectivity index (χ0v) is 12.4. The highest BCUT2D eigenvalue weighted by molar-refractivity contribution is 7.99. The van der Waals surface area contributed by atoms with Crippen molar-refractivity contribution >= 4 is 23.1 Å². The summed E-state index contributed by atoms with van der Waals surface area (Å²) < 4.78 is 2.00. The summed E-state index contributed by atoms with van der Waals surface area (Å²) >= 11 is 3.29. The van der Waals surface area contributed by atoms with Gasteiger partial charge in [0, 0.05) is 19.4 Å². The summed E-state index contributed by atoms with van der Waals surface area (Å²) in [6.45, 7) is 4.25. The molecule has 2 aromatic heterocycles. The van der Waals surface area contributed by atoms with Gasteiger partial charge >= 0.3 is 0 Å². The summed E-state index contributed by atoms with van der Waals surface area (Å²) in [6.07, 6.45) is 0. The summed E-state index contributed by atoms with van der Waals surface area (Å²) in [5.41, 5.74) is -0.0975. The van der Waals surface area contributed by atoms with E-state index in [2.05, 4.69) is 10.2 Å². The number of aromatic nitrogens is 3. The summed E-state index contributed by atoms with van der Waals surface area (Å²) in [5.74, 6) is 1.72. The van der Waals surface area contributed by atoms with Gasteiger partial charge in [0.25, 0.3) is 0 Å². The quantitative estimate of drug-likeness (QED) is 0.857. The van der Waals surface area contributed by atoms with Crippen LogP contribution in [-0.4, -0.2) is 32.2 Å². The van der Waals surface area contributed by atoms with Gasteiger partial charge in [-0.1, -0.05) is 31.7 Å². The molecule has 0 amide bonds. The molecule has 0 radical (unpaired) electrons. The molecular formula is C12H17N3OS2. The molecule has 0 aliphatic carbocycles. The third-order valence-electron chi connectivity index (χ3n) is 2.60. The minimum absolute atomic E-state index is 0.0975. The van der Waals surface area contributed by atoms with Crippen molar-refractivity contribution in [3.05, 3.63) is 17.5 Å². The van der Waals surface area contributed by atoms with Gasteiger partial charge in [-0.3, -0.25) is 0 Å². The number of hydrogen-bond donors (Lipinski definition) is 1. The van der Waals surface area contributed by atoms with E-state index in [4.69, 9.17) is 0 Å². The Balaban J connectivity index is 2.12. The van der Waals surface area contributed by atoms with E-state index in [1.165, 1.54) is 0 Å². The Morgan fingerprint density at radius 3 is 2.83 bits per heavy atom. The second-order valence-electron chi connectivity index (χ2n) is 4.95. The third-order valence-corrected chi connectivity index (χ3v) is 5.00. The maximum atomic E-state index is 9.24. The Hall–Kier alpha value is -0.850. The molecule has 0 aromatic carbocycles. The zero-order chi connectivity index (χ0) is 13.2. The van der Waals surface area contributed by atoms with Gasteiger partial charge in [-0.05, 0) is 16.9 Å². The molecule has 0 spiro atoms. The highest BCUT2D eigenvalue weighted by Gasteiger charge is 2.19. The Bertz CT molecular complexity index is 505. The highest BCUT2D eigenvalue weighted by atomic mass is 32.2. The lowest BCUT2D eigenvalue weighted by Gasteiger charge is -2.20. The lowest BCUT2D eigenvalue weighted by molar-refractivity contribution is 0.180. The van der Waals surface area contributed by atoms with E-state index in [-0.39, 0.29) is 12.0 Å². The molecule has 0 fully saturated rings. The average molecular weight is 283 g/mol. The second-order valence-corrected chi connectivity index (χ2v) is 6.84. The van der Waals surface area contributed by atoms with Gasteiger partial charge in [-0.15, -0.1) is 21.5 Å². The number of nitrogens with zero attached hydrogens (tertiary/aromatic N) is 3. The number of thiophene rings is 1. The van der Waals surface area contributed by atoms with E-state index in [0.29, 0.717) is 0 Å². The van der Waals surface area contributed by atoms with Crippen molar-refractivity contribution in [1.29, 1.82) is 0 Å². The number of thioether (sulfide) groups is 1. The van der Waals surface area contributed by atoms with Crippen molar-refractivity contribution in [1.82, 2.24) is 14.8 Å². The van der Waals surface area contributed by atoms with Gasteiger partial charge in [-0.2, -0.15) is 0 Å². The zero-order valence-electron chi connectivity index (χ0n) is 10.8. The fraction of sp³-hybridized carbons (Fsp3) is 0.500. The second kappa shape index (κ2) is 5.42. The first-order valence-corrected chi connectivity index (χ1v) is 7.57. The van der Waals surface area contributed by atoms with Crippen LogP contribution in [0, 0.1) is 5.41 Å². The van der Waals surface area contributed by atoms with Crippen LogP contribution >= 0.6 is 23.1 Å². The largest absolute Gasteiger partial charge is 0.396 e. The first-order chi connectivity index (χ1) is 8.53. The molecule has 18 heavy (non-hydrogen) atoms. The molecule has 0 aliphatic rings. The molecule has 2 aromatic rings. The van der Waals surface area contributed by atoms with Crippen molar-refractivity contribution in [2.24, 2.45) is 12.5 Å². The van der Waals surface area contributed by atoms with Crippen LogP contribution in [0.1, 0.15) is 13.8 Å². The van der Waals surface area contributed by atoms with Crippen molar-refractivity contribution in [3.63, 3.8) is 0 Å². The van der Waals surface area contributed by atoms with Gasteiger partial charge in [0.05, 0.1) is 4.88 Å². The molecule has 98 valence electrons. The summed E-state index contributed by atoms with van der Waals surface area (Å²) in [5, 5.41) is 20.6. The maximum Gasteiger partial charge on any atom is 0.191 e. The number of rotatable bonds is 5. The molecule has 0 saturated heterocycles. The number of aliphatic hydroxyl groups excluding tert-OH is 1. The Morgan fingerprint density at radius 2 is 2.22 bits per heavy atom. The van der Waals surface area contributed by atoms with Gasteiger partial charge in [-0.25, -0.2) is 0 Å². The minimum atomic E-state index is -0.0975. The lowest BCUT2D eigenvalue weighted by Crippen LogP contribution is -2.19. The van der Waals surface area contributed by atoms with Crippen LogP contribution in [0.2, 0.25) is 0 Å². The van der Waals surface area contributed by atoms with Gasteiger partial charge < -0.3 is 9.67 Å². The molecule has 0 aliphatic heterocycles. The van der Waals surface area contributed by atoms with E-state index in [1.54, 1.807) is 23.1 Å². The molecule has 0 atom stereocenters. The molecule has 0 unspecified atom stereocenters. The predicted octanol–water partition coefficient (Wildman–Crippen LogP) is 2.65. The lowest BCUT2D eigenvalue weighted by atomic mass is 9.98. The molecular weight excluding hydrogens is 266 g/mol. The first-order valence-electron chi connectivity index (χ1n) is 5.70. The molecule has 2 heterocycles. The predicted molar refractivity (Wildman–Crippen MR) is 75.9 cm³/mol. The van der Waals surface area contributed by atoms with Crippen LogP contribution in [0.4, 0.5) is 0 Å². The van der Waals surface area contributed by atoms with Crippen molar-refractivity contribution in [2.75, 3.05) is 12.4 Å². The monoisotopic (exact) mass is 283 g/mol. The Labute approximate surface area is 115 Å². The van der Waals surface area contributed by atoms with Crippen molar-refractivity contribution in [3.8, 4) is 10.7 Å². The van der Waals surface area contributed by atoms with E-state index in [0.717, 1.165) is 21.6 Å². The molecule has 0 saturated carbocycles. The smallest absolute Gasteiger partial charge is 0.191 e. The first kappa shape index (κ1) is 13.6. The highest BCUT2D eigenvalue weighted by Crippen LogP contribution is 2.29. The van der Waals surface area contributed by atoms with Crippen molar-refractivity contribution < 1.29 is 5.11 Å². The van der Waals surface area contributed by atoms with Gasteiger partial charge in [0.2, 0.25) is 0 Å².